The van der Waals surface area contributed by atoms with Gasteiger partial charge in [-0.25, -0.2) is 9.78 Å². The summed E-state index contributed by atoms with van der Waals surface area (Å²) in [6, 6.07) is 0. The van der Waals surface area contributed by atoms with Crippen LogP contribution in [0.3, 0.4) is 0 Å². The Balaban J connectivity index is 1.75. The third kappa shape index (κ3) is 1.98. The van der Waals surface area contributed by atoms with Crippen molar-refractivity contribution in [2.24, 2.45) is 0 Å². The van der Waals surface area contributed by atoms with E-state index in [4.69, 9.17) is 9.26 Å². The number of rotatable bonds is 1. The number of ether oxygens (including phenoxy) is 1. The molecule has 0 radical (unpaired) electrons. The number of nitrogens with zero attached hydrogens (tertiary/aromatic N) is 4. The van der Waals surface area contributed by atoms with E-state index in [0.29, 0.717) is 24.6 Å². The predicted molar refractivity (Wildman–Crippen MR) is 77.7 cm³/mol. The molecule has 0 aliphatic carbocycles. The molecule has 1 N–H and O–H groups in total. The van der Waals surface area contributed by atoms with E-state index in [1.165, 1.54) is 0 Å². The number of aromatic nitrogens is 3. The third-order valence-corrected chi connectivity index (χ3v) is 4.30. The number of carbonyl (C=O) groups excluding carboxylic acids is 1. The van der Waals surface area contributed by atoms with Gasteiger partial charge >= 0.3 is 6.09 Å². The van der Waals surface area contributed by atoms with Gasteiger partial charge in [0.2, 0.25) is 0 Å². The monoisotopic (exact) mass is 303 g/mol. The Kier molecular flexibility index (Phi) is 2.75. The molecule has 0 aromatic carbocycles. The van der Waals surface area contributed by atoms with Crippen molar-refractivity contribution < 1.29 is 14.1 Å². The molecular formula is C14H17N5O3. The largest absolute Gasteiger partial charge is 0.439 e. The average molecular weight is 303 g/mol. The van der Waals surface area contributed by atoms with Crippen LogP contribution in [0.1, 0.15) is 24.4 Å². The molecule has 22 heavy (non-hydrogen) atoms. The second-order valence-electron chi connectivity index (χ2n) is 5.99. The van der Waals surface area contributed by atoms with Crippen LogP contribution in [0, 0.1) is 13.8 Å². The summed E-state index contributed by atoms with van der Waals surface area (Å²) in [6.07, 6.45) is 1.45. The minimum atomic E-state index is -0.467. The summed E-state index contributed by atoms with van der Waals surface area (Å²) in [5.41, 5.74) is 0.804. The van der Waals surface area contributed by atoms with Crippen LogP contribution in [0.15, 0.2) is 4.52 Å². The van der Waals surface area contributed by atoms with Gasteiger partial charge in [0.15, 0.2) is 0 Å². The fourth-order valence-electron chi connectivity index (χ4n) is 3.31. The van der Waals surface area contributed by atoms with Gasteiger partial charge < -0.3 is 19.5 Å². The average Bonchev–Trinajstić information content (AvgIpc) is 3.02. The van der Waals surface area contributed by atoms with Crippen molar-refractivity contribution in [2.75, 3.05) is 24.5 Å². The molecule has 1 amide bonds. The second-order valence-corrected chi connectivity index (χ2v) is 5.99. The van der Waals surface area contributed by atoms with Crippen molar-refractivity contribution in [3.05, 3.63) is 11.5 Å². The van der Waals surface area contributed by atoms with Crippen molar-refractivity contribution in [3.8, 4) is 0 Å². The lowest BCUT2D eigenvalue weighted by Gasteiger charge is -2.38. The van der Waals surface area contributed by atoms with E-state index in [1.807, 2.05) is 13.8 Å². The van der Waals surface area contributed by atoms with Crippen LogP contribution in [0.5, 0.6) is 0 Å². The lowest BCUT2D eigenvalue weighted by atomic mass is 9.93. The maximum Gasteiger partial charge on any atom is 0.407 e. The summed E-state index contributed by atoms with van der Waals surface area (Å²) in [7, 11) is 0. The van der Waals surface area contributed by atoms with Crippen molar-refractivity contribution >= 4 is 23.0 Å². The van der Waals surface area contributed by atoms with E-state index in [-0.39, 0.29) is 6.09 Å². The van der Waals surface area contributed by atoms with Crippen molar-refractivity contribution in [3.63, 3.8) is 0 Å². The minimum absolute atomic E-state index is 0.341. The number of anilines is 1. The number of alkyl carbamates (subject to hydrolysis) is 1. The molecule has 2 aromatic rings. The molecule has 2 fully saturated rings. The third-order valence-electron chi connectivity index (χ3n) is 4.30. The van der Waals surface area contributed by atoms with Crippen LogP contribution in [0.4, 0.5) is 10.6 Å². The first-order chi connectivity index (χ1) is 10.6. The Morgan fingerprint density at radius 3 is 2.95 bits per heavy atom. The SMILES string of the molecule is Cc1nc(N2CCCC3(CNC(=O)O3)C2)c2c(C)noc2n1. The highest BCUT2D eigenvalue weighted by molar-refractivity contribution is 5.88. The van der Waals surface area contributed by atoms with E-state index in [2.05, 4.69) is 25.3 Å². The van der Waals surface area contributed by atoms with E-state index in [9.17, 15) is 4.79 Å². The highest BCUT2D eigenvalue weighted by Crippen LogP contribution is 2.34. The fourth-order valence-corrected chi connectivity index (χ4v) is 3.31. The summed E-state index contributed by atoms with van der Waals surface area (Å²) in [6.45, 7) is 5.72. The van der Waals surface area contributed by atoms with Gasteiger partial charge in [0, 0.05) is 6.54 Å². The van der Waals surface area contributed by atoms with Gasteiger partial charge in [-0.1, -0.05) is 5.16 Å². The lowest BCUT2D eigenvalue weighted by Crippen LogP contribution is -2.50. The van der Waals surface area contributed by atoms with Gasteiger partial charge in [-0.05, 0) is 26.7 Å². The molecule has 8 heteroatoms. The summed E-state index contributed by atoms with van der Waals surface area (Å²) in [5.74, 6) is 1.45. The molecule has 116 valence electrons. The van der Waals surface area contributed by atoms with Crippen LogP contribution < -0.4 is 10.2 Å². The molecular weight excluding hydrogens is 286 g/mol. The van der Waals surface area contributed by atoms with Crippen LogP contribution in [-0.4, -0.2) is 46.5 Å². The van der Waals surface area contributed by atoms with E-state index < -0.39 is 5.60 Å². The number of aryl methyl sites for hydroxylation is 2. The van der Waals surface area contributed by atoms with Crippen molar-refractivity contribution in [1.82, 2.24) is 20.4 Å². The normalized spacial score (nSPS) is 24.8. The van der Waals surface area contributed by atoms with Crippen LogP contribution in [0.2, 0.25) is 0 Å². The molecule has 1 atom stereocenters. The van der Waals surface area contributed by atoms with Gasteiger partial charge in [0.1, 0.15) is 22.6 Å². The van der Waals surface area contributed by atoms with Crippen molar-refractivity contribution in [2.45, 2.75) is 32.3 Å². The van der Waals surface area contributed by atoms with Crippen LogP contribution >= 0.6 is 0 Å². The zero-order valence-electron chi connectivity index (χ0n) is 12.5. The summed E-state index contributed by atoms with van der Waals surface area (Å²) in [4.78, 5) is 22.5. The van der Waals surface area contributed by atoms with Crippen LogP contribution in [0.25, 0.3) is 11.1 Å². The molecule has 1 spiro atoms. The molecule has 1 unspecified atom stereocenters. The fraction of sp³-hybridized carbons (Fsp3) is 0.571. The molecule has 2 aromatic heterocycles. The minimum Gasteiger partial charge on any atom is -0.439 e. The van der Waals surface area contributed by atoms with Gasteiger partial charge in [0.05, 0.1) is 18.8 Å². The Labute approximate surface area is 126 Å². The van der Waals surface area contributed by atoms with Crippen molar-refractivity contribution in [1.29, 1.82) is 0 Å². The Morgan fingerprint density at radius 1 is 1.32 bits per heavy atom. The number of hydrogen-bond acceptors (Lipinski definition) is 7. The highest BCUT2D eigenvalue weighted by atomic mass is 16.6. The van der Waals surface area contributed by atoms with E-state index in [1.54, 1.807) is 0 Å². The standard InChI is InChI=1S/C14H17N5O3/c1-8-10-11(16-9(2)17-12(10)22-18-8)19-5-3-4-14(7-19)6-15-13(20)21-14/h3-7H2,1-2H3,(H,15,20). The van der Waals surface area contributed by atoms with Gasteiger partial charge in [0.25, 0.3) is 5.71 Å². The lowest BCUT2D eigenvalue weighted by molar-refractivity contribution is 0.0446. The number of hydrogen-bond donors (Lipinski definition) is 1. The molecule has 0 saturated carbocycles. The molecule has 2 aliphatic heterocycles. The maximum atomic E-state index is 11.4. The molecule has 4 heterocycles. The Bertz CT molecular complexity index is 758. The first-order valence-corrected chi connectivity index (χ1v) is 7.39. The number of carbonyl (C=O) groups is 1. The number of fused-ring (bicyclic) bond motifs is 1. The number of piperidine rings is 1. The second kappa shape index (κ2) is 4.56. The maximum absolute atomic E-state index is 11.4. The topological polar surface area (TPSA) is 93.4 Å². The zero-order chi connectivity index (χ0) is 15.3. The summed E-state index contributed by atoms with van der Waals surface area (Å²) >= 11 is 0. The van der Waals surface area contributed by atoms with Gasteiger partial charge in [-0.3, -0.25) is 0 Å². The smallest absolute Gasteiger partial charge is 0.407 e. The first kappa shape index (κ1) is 13.3. The zero-order valence-corrected chi connectivity index (χ0v) is 12.5. The number of nitrogens with one attached hydrogen (secondary N) is 1. The molecule has 0 bridgehead atoms. The predicted octanol–water partition coefficient (Wildman–Crippen LogP) is 1.31. The Morgan fingerprint density at radius 2 is 2.18 bits per heavy atom. The van der Waals surface area contributed by atoms with Gasteiger partial charge in [-0.2, -0.15) is 4.98 Å². The molecule has 8 nitrogen and oxygen atoms in total. The van der Waals surface area contributed by atoms with E-state index in [0.717, 1.165) is 36.3 Å². The van der Waals surface area contributed by atoms with Crippen LogP contribution in [-0.2, 0) is 4.74 Å². The first-order valence-electron chi connectivity index (χ1n) is 7.39. The Hall–Kier alpha value is -2.38. The molecule has 2 aliphatic rings. The van der Waals surface area contributed by atoms with Gasteiger partial charge in [-0.15, -0.1) is 0 Å². The molecule has 2 saturated heterocycles. The number of amides is 1. The van der Waals surface area contributed by atoms with E-state index >= 15 is 0 Å². The quantitative estimate of drug-likeness (QED) is 0.849. The molecule has 4 rings (SSSR count). The highest BCUT2D eigenvalue weighted by Gasteiger charge is 2.44. The summed E-state index contributed by atoms with van der Waals surface area (Å²) in [5, 5.41) is 7.58. The summed E-state index contributed by atoms with van der Waals surface area (Å²) < 4.78 is 10.8.